The number of benzene rings is 3. The molecule has 0 saturated carbocycles. The number of nitrogens with one attached hydrogen (secondary N) is 1. The van der Waals surface area contributed by atoms with Gasteiger partial charge >= 0.3 is 0 Å². The highest BCUT2D eigenvalue weighted by Crippen LogP contribution is 2.39. The summed E-state index contributed by atoms with van der Waals surface area (Å²) in [7, 11) is 1.55. The summed E-state index contributed by atoms with van der Waals surface area (Å²) >= 11 is 16.1. The minimum Gasteiger partial charge on any atom is -0.496 e. The lowest BCUT2D eigenvalue weighted by atomic mass is 10.0. The predicted molar refractivity (Wildman–Crippen MR) is 133 cm³/mol. The summed E-state index contributed by atoms with van der Waals surface area (Å²) in [4.78, 5) is 12.7. The maximum Gasteiger partial charge on any atom is 0.255 e. The Hall–Kier alpha value is -2.54. The molecule has 32 heavy (non-hydrogen) atoms. The third kappa shape index (κ3) is 4.93. The van der Waals surface area contributed by atoms with Crippen LogP contribution in [-0.2, 0) is 0 Å². The first-order valence-electron chi connectivity index (χ1n) is 9.93. The molecule has 0 saturated heterocycles. The number of ether oxygens (including phenoxy) is 1. The van der Waals surface area contributed by atoms with E-state index >= 15 is 0 Å². The largest absolute Gasteiger partial charge is 0.496 e. The summed E-state index contributed by atoms with van der Waals surface area (Å²) in [5.41, 5.74) is 3.17. The number of para-hydroxylation sites is 1. The average molecular weight is 533 g/mol. The predicted octanol–water partition coefficient (Wildman–Crippen LogP) is 6.50. The van der Waals surface area contributed by atoms with Crippen LogP contribution < -0.4 is 15.1 Å². The fourth-order valence-corrected chi connectivity index (χ4v) is 4.38. The average Bonchev–Trinajstić information content (AvgIpc) is 3.21. The molecule has 8 heteroatoms. The molecule has 1 atom stereocenters. The molecular weight excluding hydrogens is 513 g/mol. The fourth-order valence-electron chi connectivity index (χ4n) is 3.62. The topological polar surface area (TPSA) is 53.9 Å². The molecule has 3 aromatic rings. The first-order chi connectivity index (χ1) is 15.5. The first-order valence-corrected chi connectivity index (χ1v) is 11.5. The Morgan fingerprint density at radius 1 is 1.16 bits per heavy atom. The van der Waals surface area contributed by atoms with Crippen molar-refractivity contribution in [2.45, 2.75) is 12.5 Å². The van der Waals surface area contributed by atoms with Gasteiger partial charge in [-0.25, -0.2) is 0 Å². The Balaban J connectivity index is 1.58. The molecule has 0 aromatic heterocycles. The van der Waals surface area contributed by atoms with Gasteiger partial charge in [-0.05, 0) is 48.0 Å². The monoisotopic (exact) mass is 531 g/mol. The molecule has 1 heterocycles. The zero-order valence-corrected chi connectivity index (χ0v) is 20.3. The lowest BCUT2D eigenvalue weighted by Gasteiger charge is -2.25. The van der Waals surface area contributed by atoms with Crippen molar-refractivity contribution in [3.63, 3.8) is 0 Å². The van der Waals surface area contributed by atoms with Crippen molar-refractivity contribution in [1.82, 2.24) is 5.32 Å². The Bertz CT molecular complexity index is 1170. The third-order valence-electron chi connectivity index (χ3n) is 5.19. The number of carbonyl (C=O) groups excluding carboxylic acids is 1. The van der Waals surface area contributed by atoms with Crippen LogP contribution in [0.15, 0.2) is 76.3 Å². The highest BCUT2D eigenvalue weighted by molar-refractivity contribution is 9.10. The van der Waals surface area contributed by atoms with Crippen molar-refractivity contribution in [2.75, 3.05) is 18.7 Å². The van der Waals surface area contributed by atoms with Crippen LogP contribution in [0.4, 0.5) is 5.69 Å². The van der Waals surface area contributed by atoms with Gasteiger partial charge in [-0.1, -0.05) is 63.4 Å². The van der Waals surface area contributed by atoms with E-state index in [2.05, 4.69) is 33.4 Å². The van der Waals surface area contributed by atoms with Crippen LogP contribution in [0.2, 0.25) is 10.0 Å². The van der Waals surface area contributed by atoms with Gasteiger partial charge in [0.1, 0.15) is 5.75 Å². The second-order valence-corrected chi connectivity index (χ2v) is 9.02. The van der Waals surface area contributed by atoms with Gasteiger partial charge in [-0.15, -0.1) is 0 Å². The first kappa shape index (κ1) is 22.6. The van der Waals surface area contributed by atoms with Gasteiger partial charge in [-0.2, -0.15) is 5.10 Å². The number of hydrogen-bond acceptors (Lipinski definition) is 4. The summed E-state index contributed by atoms with van der Waals surface area (Å²) < 4.78 is 6.29. The van der Waals surface area contributed by atoms with Crippen LogP contribution in [0.1, 0.15) is 28.4 Å². The number of hydrogen-bond donors (Lipinski definition) is 1. The highest BCUT2D eigenvalue weighted by atomic mass is 79.9. The van der Waals surface area contributed by atoms with Crippen molar-refractivity contribution in [3.8, 4) is 5.75 Å². The van der Waals surface area contributed by atoms with E-state index < -0.39 is 0 Å². The van der Waals surface area contributed by atoms with E-state index in [1.54, 1.807) is 37.4 Å². The number of anilines is 1. The van der Waals surface area contributed by atoms with Crippen molar-refractivity contribution >= 4 is 56.4 Å². The van der Waals surface area contributed by atoms with Gasteiger partial charge in [0.2, 0.25) is 0 Å². The van der Waals surface area contributed by atoms with Crippen molar-refractivity contribution in [3.05, 3.63) is 92.4 Å². The number of carbonyl (C=O) groups is 1. The Morgan fingerprint density at radius 2 is 1.91 bits per heavy atom. The molecule has 0 bridgehead atoms. The smallest absolute Gasteiger partial charge is 0.255 e. The molecule has 1 amide bonds. The molecule has 164 valence electrons. The van der Waals surface area contributed by atoms with E-state index in [1.165, 1.54) is 0 Å². The van der Waals surface area contributed by atoms with Crippen LogP contribution in [0.25, 0.3) is 0 Å². The SMILES string of the molecule is COc1ccccc1C(=O)NCC1=NN(c2ccc(Cl)cc2Cl)C(c2ccc(Br)cc2)C1. The lowest BCUT2D eigenvalue weighted by Crippen LogP contribution is -2.29. The maximum atomic E-state index is 12.7. The number of nitrogens with zero attached hydrogens (tertiary/aromatic N) is 2. The third-order valence-corrected chi connectivity index (χ3v) is 6.26. The van der Waals surface area contributed by atoms with Gasteiger partial charge in [-0.3, -0.25) is 9.80 Å². The zero-order valence-electron chi connectivity index (χ0n) is 17.2. The molecule has 0 radical (unpaired) electrons. The number of amides is 1. The minimum absolute atomic E-state index is 0.0556. The van der Waals surface area contributed by atoms with Gasteiger partial charge in [0, 0.05) is 15.9 Å². The van der Waals surface area contributed by atoms with E-state index in [4.69, 9.17) is 33.0 Å². The molecule has 1 aliphatic heterocycles. The highest BCUT2D eigenvalue weighted by Gasteiger charge is 2.30. The molecule has 5 nitrogen and oxygen atoms in total. The zero-order chi connectivity index (χ0) is 22.7. The Kier molecular flexibility index (Phi) is 7.04. The number of methoxy groups -OCH3 is 1. The molecule has 3 aromatic carbocycles. The number of rotatable bonds is 6. The normalized spacial score (nSPS) is 15.4. The molecule has 4 rings (SSSR count). The molecule has 1 N–H and O–H groups in total. The summed E-state index contributed by atoms with van der Waals surface area (Å²) in [6.07, 6.45) is 0.646. The quantitative estimate of drug-likeness (QED) is 0.394. The Labute approximate surface area is 205 Å². The molecule has 1 aliphatic rings. The second kappa shape index (κ2) is 9.94. The van der Waals surface area contributed by atoms with Crippen LogP contribution >= 0.6 is 39.1 Å². The maximum absolute atomic E-state index is 12.7. The Morgan fingerprint density at radius 3 is 2.62 bits per heavy atom. The molecule has 0 aliphatic carbocycles. The summed E-state index contributed by atoms with van der Waals surface area (Å²) in [5, 5.41) is 10.7. The standard InChI is InChI=1S/C24H20BrCl2N3O2/c1-32-23-5-3-2-4-19(23)24(31)28-14-18-13-22(15-6-8-16(25)9-7-15)30(29-18)21-11-10-17(26)12-20(21)27/h2-12,22H,13-14H2,1H3,(H,28,31). The van der Waals surface area contributed by atoms with Crippen LogP contribution in [-0.4, -0.2) is 25.3 Å². The molecule has 1 unspecified atom stereocenters. The lowest BCUT2D eigenvalue weighted by molar-refractivity contribution is 0.0956. The second-order valence-electron chi connectivity index (χ2n) is 7.26. The molecular formula is C24H20BrCl2N3O2. The molecule has 0 fully saturated rings. The van der Waals surface area contributed by atoms with Crippen LogP contribution in [0.3, 0.4) is 0 Å². The van der Waals surface area contributed by atoms with Crippen molar-refractivity contribution in [2.24, 2.45) is 5.10 Å². The minimum atomic E-state index is -0.215. The number of hydrazone groups is 1. The van der Waals surface area contributed by atoms with Crippen LogP contribution in [0.5, 0.6) is 5.75 Å². The van der Waals surface area contributed by atoms with E-state index in [0.717, 1.165) is 21.4 Å². The van der Waals surface area contributed by atoms with Gasteiger partial charge in [0.15, 0.2) is 0 Å². The number of halogens is 3. The summed E-state index contributed by atoms with van der Waals surface area (Å²) in [5.74, 6) is 0.314. The van der Waals surface area contributed by atoms with E-state index in [9.17, 15) is 4.79 Å². The van der Waals surface area contributed by atoms with Crippen molar-refractivity contribution in [1.29, 1.82) is 0 Å². The van der Waals surface area contributed by atoms with Gasteiger partial charge in [0.05, 0.1) is 41.7 Å². The van der Waals surface area contributed by atoms with E-state index in [-0.39, 0.29) is 11.9 Å². The fraction of sp³-hybridized carbons (Fsp3) is 0.167. The summed E-state index contributed by atoms with van der Waals surface area (Å²) in [6.45, 7) is 0.311. The summed E-state index contributed by atoms with van der Waals surface area (Å²) in [6, 6.07) is 20.5. The van der Waals surface area contributed by atoms with Gasteiger partial charge < -0.3 is 10.1 Å². The van der Waals surface area contributed by atoms with E-state index in [0.29, 0.717) is 34.3 Å². The van der Waals surface area contributed by atoms with Gasteiger partial charge in [0.25, 0.3) is 5.91 Å². The van der Waals surface area contributed by atoms with Crippen molar-refractivity contribution < 1.29 is 9.53 Å². The van der Waals surface area contributed by atoms with E-state index in [1.807, 2.05) is 29.3 Å². The molecule has 0 spiro atoms. The van der Waals surface area contributed by atoms with Crippen LogP contribution in [0, 0.1) is 0 Å².